The zero-order chi connectivity index (χ0) is 23.2. The van der Waals surface area contributed by atoms with Crippen LogP contribution in [0, 0.1) is 15.9 Å². The quantitative estimate of drug-likeness (QED) is 0.334. The van der Waals surface area contributed by atoms with Gasteiger partial charge in [0.15, 0.2) is 0 Å². The highest BCUT2D eigenvalue weighted by Gasteiger charge is 2.26. The number of piperidine rings is 1. The van der Waals surface area contributed by atoms with E-state index in [1.807, 2.05) is 30.5 Å². The van der Waals surface area contributed by atoms with E-state index in [-0.39, 0.29) is 16.4 Å². The van der Waals surface area contributed by atoms with Crippen molar-refractivity contribution >= 4 is 11.4 Å². The predicted octanol–water partition coefficient (Wildman–Crippen LogP) is 5.73. The maximum atomic E-state index is 13.8. The number of rotatable bonds is 9. The smallest absolute Gasteiger partial charge is 0.269 e. The molecule has 1 aromatic heterocycles. The number of anilines is 1. The van der Waals surface area contributed by atoms with E-state index in [1.54, 1.807) is 24.3 Å². The van der Waals surface area contributed by atoms with E-state index in [2.05, 4.69) is 27.8 Å². The summed E-state index contributed by atoms with van der Waals surface area (Å²) in [5, 5.41) is 11.1. The molecule has 0 spiro atoms. The van der Waals surface area contributed by atoms with E-state index < -0.39 is 0 Å². The summed E-state index contributed by atoms with van der Waals surface area (Å²) in [6.45, 7) is 5.91. The van der Waals surface area contributed by atoms with E-state index in [4.69, 9.17) is 0 Å². The van der Waals surface area contributed by atoms with Crippen LogP contribution in [0.3, 0.4) is 0 Å². The van der Waals surface area contributed by atoms with E-state index in [0.717, 1.165) is 50.1 Å². The third-order valence-corrected chi connectivity index (χ3v) is 6.66. The van der Waals surface area contributed by atoms with Gasteiger partial charge in [-0.15, -0.1) is 0 Å². The van der Waals surface area contributed by atoms with Crippen LogP contribution in [0.25, 0.3) is 0 Å². The second kappa shape index (κ2) is 10.6. The molecular weight excluding hydrogens is 419 g/mol. The van der Waals surface area contributed by atoms with E-state index in [0.29, 0.717) is 18.5 Å². The number of hydrogen-bond acceptors (Lipinski definition) is 4. The maximum absolute atomic E-state index is 13.8. The van der Waals surface area contributed by atoms with Crippen molar-refractivity contribution in [3.63, 3.8) is 0 Å². The number of halogens is 1. The Kier molecular flexibility index (Phi) is 7.40. The molecule has 1 aliphatic rings. The number of likely N-dealkylation sites (tertiary alicyclic amines) is 1. The van der Waals surface area contributed by atoms with Crippen molar-refractivity contribution in [1.29, 1.82) is 0 Å². The lowest BCUT2D eigenvalue weighted by Gasteiger charge is -2.40. The molecule has 6 nitrogen and oxygen atoms in total. The van der Waals surface area contributed by atoms with Crippen LogP contribution < -0.4 is 4.90 Å². The van der Waals surface area contributed by atoms with Gasteiger partial charge in [-0.2, -0.15) is 0 Å². The Balaban J connectivity index is 1.41. The molecule has 2 aromatic carbocycles. The van der Waals surface area contributed by atoms with Gasteiger partial charge in [0.05, 0.1) is 4.92 Å². The van der Waals surface area contributed by atoms with Gasteiger partial charge < -0.3 is 14.8 Å². The molecule has 0 saturated carbocycles. The number of aromatic nitrogens is 1. The highest BCUT2D eigenvalue weighted by atomic mass is 19.1. The Hall–Kier alpha value is -3.19. The number of nitro benzene ring substituents is 1. The molecule has 1 fully saturated rings. The van der Waals surface area contributed by atoms with Crippen LogP contribution in [-0.4, -0.2) is 40.5 Å². The van der Waals surface area contributed by atoms with Gasteiger partial charge in [0.25, 0.3) is 5.69 Å². The highest BCUT2D eigenvalue weighted by molar-refractivity contribution is 5.52. The molecule has 2 heterocycles. The normalized spacial score (nSPS) is 15.9. The first-order valence-corrected chi connectivity index (χ1v) is 11.6. The fraction of sp³-hybridized carbons (Fsp3) is 0.385. The molecule has 0 aliphatic carbocycles. The largest absolute Gasteiger partial charge is 0.365 e. The van der Waals surface area contributed by atoms with Crippen molar-refractivity contribution in [2.45, 2.75) is 44.7 Å². The van der Waals surface area contributed by atoms with Crippen molar-refractivity contribution in [1.82, 2.24) is 9.88 Å². The molecule has 4 rings (SSSR count). The van der Waals surface area contributed by atoms with Crippen molar-refractivity contribution in [2.75, 3.05) is 24.5 Å². The number of nitro groups is 1. The summed E-state index contributed by atoms with van der Waals surface area (Å²) in [4.78, 5) is 18.8. The van der Waals surface area contributed by atoms with Gasteiger partial charge in [0, 0.05) is 55.4 Å². The molecule has 0 amide bonds. The lowest BCUT2D eigenvalue weighted by molar-refractivity contribution is -0.384. The molecule has 33 heavy (non-hydrogen) atoms. The number of benzene rings is 2. The topological polar surface area (TPSA) is 65.4 Å². The molecule has 1 unspecified atom stereocenters. The first-order valence-electron chi connectivity index (χ1n) is 11.6. The molecule has 1 aliphatic heterocycles. The molecule has 0 radical (unpaired) electrons. The van der Waals surface area contributed by atoms with Gasteiger partial charge in [-0.1, -0.05) is 19.1 Å². The Morgan fingerprint density at radius 1 is 1.15 bits per heavy atom. The molecule has 1 saturated heterocycles. The van der Waals surface area contributed by atoms with Crippen molar-refractivity contribution in [3.05, 3.63) is 94.0 Å². The van der Waals surface area contributed by atoms with Gasteiger partial charge in [0.2, 0.25) is 0 Å². The third kappa shape index (κ3) is 5.99. The highest BCUT2D eigenvalue weighted by Crippen LogP contribution is 2.28. The van der Waals surface area contributed by atoms with Crippen molar-refractivity contribution < 1.29 is 9.31 Å². The van der Waals surface area contributed by atoms with Crippen LogP contribution in [0.1, 0.15) is 43.4 Å². The summed E-state index contributed by atoms with van der Waals surface area (Å²) in [5.41, 5.74) is 3.19. The molecule has 174 valence electrons. The number of H-pyrrole nitrogens is 1. The fourth-order valence-corrected chi connectivity index (χ4v) is 4.67. The molecule has 1 N–H and O–H groups in total. The first kappa shape index (κ1) is 23.0. The predicted molar refractivity (Wildman–Crippen MR) is 129 cm³/mol. The minimum Gasteiger partial charge on any atom is -0.365 e. The molecular formula is C26H31FN4O2. The number of non-ortho nitro benzene ring substituents is 1. The summed E-state index contributed by atoms with van der Waals surface area (Å²) in [7, 11) is 0. The zero-order valence-corrected chi connectivity index (χ0v) is 19.0. The Bertz CT molecular complexity index is 1030. The number of nitrogens with one attached hydrogen (secondary N) is 1. The summed E-state index contributed by atoms with van der Waals surface area (Å²) in [6.07, 6.45) is 5.09. The Morgan fingerprint density at radius 2 is 1.91 bits per heavy atom. The van der Waals surface area contributed by atoms with Gasteiger partial charge >= 0.3 is 0 Å². The van der Waals surface area contributed by atoms with Crippen LogP contribution in [0.4, 0.5) is 15.8 Å². The van der Waals surface area contributed by atoms with Crippen molar-refractivity contribution in [3.8, 4) is 0 Å². The molecule has 7 heteroatoms. The number of hydrogen-bond donors (Lipinski definition) is 1. The summed E-state index contributed by atoms with van der Waals surface area (Å²) >= 11 is 0. The van der Waals surface area contributed by atoms with Gasteiger partial charge in [-0.05, 0) is 73.7 Å². The first-order chi connectivity index (χ1) is 16.0. The third-order valence-electron chi connectivity index (χ3n) is 6.66. The number of nitrogens with zero attached hydrogens (tertiary/aromatic N) is 3. The fourth-order valence-electron chi connectivity index (χ4n) is 4.67. The SMILES string of the molecule is CC(CCN1CCC(N(Cc2cccc(F)c2)c2ccc([N+](=O)[O-])cc2)CC1)c1ccc[nH]1. The summed E-state index contributed by atoms with van der Waals surface area (Å²) in [5.74, 6) is 0.254. The summed E-state index contributed by atoms with van der Waals surface area (Å²) in [6, 6.07) is 17.9. The zero-order valence-electron chi connectivity index (χ0n) is 19.0. The lowest BCUT2D eigenvalue weighted by atomic mass is 9.99. The lowest BCUT2D eigenvalue weighted by Crippen LogP contribution is -2.45. The standard InChI is InChI=1S/C26H31FN4O2/c1-20(26-6-3-14-28-26)11-15-29-16-12-24(13-17-29)30(19-21-4-2-5-22(27)18-21)23-7-9-25(10-8-23)31(32)33/h2-10,14,18,20,24,28H,11-13,15-17,19H2,1H3. The van der Waals surface area contributed by atoms with E-state index in [9.17, 15) is 14.5 Å². The van der Waals surface area contributed by atoms with E-state index in [1.165, 1.54) is 11.8 Å². The van der Waals surface area contributed by atoms with Crippen LogP contribution >= 0.6 is 0 Å². The van der Waals surface area contributed by atoms with Gasteiger partial charge in [-0.3, -0.25) is 10.1 Å². The van der Waals surface area contributed by atoms with Crippen LogP contribution in [0.2, 0.25) is 0 Å². The van der Waals surface area contributed by atoms with Gasteiger partial charge in [0.1, 0.15) is 5.82 Å². The maximum Gasteiger partial charge on any atom is 0.269 e. The second-order valence-corrected chi connectivity index (χ2v) is 8.92. The van der Waals surface area contributed by atoms with Crippen molar-refractivity contribution in [2.24, 2.45) is 0 Å². The van der Waals surface area contributed by atoms with Crippen LogP contribution in [0.5, 0.6) is 0 Å². The monoisotopic (exact) mass is 450 g/mol. The average molecular weight is 451 g/mol. The Morgan fingerprint density at radius 3 is 2.55 bits per heavy atom. The van der Waals surface area contributed by atoms with Crippen LogP contribution in [-0.2, 0) is 6.54 Å². The van der Waals surface area contributed by atoms with Crippen LogP contribution in [0.15, 0.2) is 66.9 Å². The molecule has 1 atom stereocenters. The second-order valence-electron chi connectivity index (χ2n) is 8.92. The average Bonchev–Trinajstić information content (AvgIpc) is 3.37. The Labute approximate surface area is 194 Å². The molecule has 0 bridgehead atoms. The van der Waals surface area contributed by atoms with Gasteiger partial charge in [-0.25, -0.2) is 4.39 Å². The van der Waals surface area contributed by atoms with E-state index >= 15 is 0 Å². The molecule has 3 aromatic rings. The minimum atomic E-state index is -0.382. The minimum absolute atomic E-state index is 0.0791. The number of aromatic amines is 1. The summed E-state index contributed by atoms with van der Waals surface area (Å²) < 4.78 is 13.8.